The van der Waals surface area contributed by atoms with Crippen molar-refractivity contribution in [2.24, 2.45) is 11.7 Å². The van der Waals surface area contributed by atoms with Crippen LogP contribution in [0.25, 0.3) is 11.2 Å². The molecule has 0 bridgehead atoms. The molecule has 96 valence electrons. The van der Waals surface area contributed by atoms with Crippen molar-refractivity contribution < 1.29 is 0 Å². The first kappa shape index (κ1) is 11.7. The fourth-order valence-corrected chi connectivity index (χ4v) is 2.51. The molecule has 0 spiro atoms. The minimum atomic E-state index is 0.0137. The summed E-state index contributed by atoms with van der Waals surface area (Å²) in [5.74, 6) is 1.60. The molecule has 2 N–H and O–H groups in total. The zero-order valence-electron chi connectivity index (χ0n) is 11.0. The van der Waals surface area contributed by atoms with Crippen LogP contribution in [0, 0.1) is 5.92 Å². The number of pyridine rings is 1. The number of nitrogens with two attached hydrogens (primary N) is 1. The third-order valence-corrected chi connectivity index (χ3v) is 3.45. The lowest BCUT2D eigenvalue weighted by Crippen LogP contribution is -2.18. The van der Waals surface area contributed by atoms with Crippen molar-refractivity contribution in [1.29, 1.82) is 0 Å². The SMILES string of the molecule is CC(C)C[C@H](N)c1nc2cccnc2n1C1CC1. The zero-order valence-corrected chi connectivity index (χ0v) is 11.0. The molecule has 1 saturated carbocycles. The van der Waals surface area contributed by atoms with Gasteiger partial charge >= 0.3 is 0 Å². The molecule has 4 heteroatoms. The monoisotopic (exact) mass is 244 g/mol. The summed E-state index contributed by atoms with van der Waals surface area (Å²) in [6.07, 6.45) is 5.25. The van der Waals surface area contributed by atoms with Crippen LogP contribution in [-0.4, -0.2) is 14.5 Å². The fraction of sp³-hybridized carbons (Fsp3) is 0.571. The highest BCUT2D eigenvalue weighted by Gasteiger charge is 2.30. The lowest BCUT2D eigenvalue weighted by molar-refractivity contribution is 0.477. The van der Waals surface area contributed by atoms with Gasteiger partial charge in [0.2, 0.25) is 0 Å². The van der Waals surface area contributed by atoms with Gasteiger partial charge in [0, 0.05) is 12.2 Å². The summed E-state index contributed by atoms with van der Waals surface area (Å²) >= 11 is 0. The molecular formula is C14H20N4. The lowest BCUT2D eigenvalue weighted by Gasteiger charge is -2.15. The fourth-order valence-electron chi connectivity index (χ4n) is 2.51. The Bertz CT molecular complexity index is 554. The molecule has 0 aromatic carbocycles. The summed E-state index contributed by atoms with van der Waals surface area (Å²) in [6.45, 7) is 4.39. The summed E-state index contributed by atoms with van der Waals surface area (Å²) in [4.78, 5) is 9.17. The first-order chi connectivity index (χ1) is 8.66. The largest absolute Gasteiger partial charge is 0.321 e. The Morgan fingerprint density at radius 2 is 2.22 bits per heavy atom. The van der Waals surface area contributed by atoms with Gasteiger partial charge in [0.05, 0.1) is 6.04 Å². The highest BCUT2D eigenvalue weighted by molar-refractivity contribution is 5.71. The minimum absolute atomic E-state index is 0.0137. The van der Waals surface area contributed by atoms with Crippen molar-refractivity contribution in [3.05, 3.63) is 24.2 Å². The molecule has 1 aliphatic carbocycles. The van der Waals surface area contributed by atoms with E-state index in [1.165, 1.54) is 12.8 Å². The van der Waals surface area contributed by atoms with Gasteiger partial charge in [-0.2, -0.15) is 0 Å². The molecule has 0 unspecified atom stereocenters. The Labute approximate surface area is 107 Å². The Kier molecular flexibility index (Phi) is 2.82. The van der Waals surface area contributed by atoms with Gasteiger partial charge in [-0.1, -0.05) is 13.8 Å². The lowest BCUT2D eigenvalue weighted by atomic mass is 10.0. The predicted octanol–water partition coefficient (Wildman–Crippen LogP) is 2.81. The van der Waals surface area contributed by atoms with Crippen molar-refractivity contribution >= 4 is 11.2 Å². The smallest absolute Gasteiger partial charge is 0.160 e. The quantitative estimate of drug-likeness (QED) is 0.899. The molecule has 0 radical (unpaired) electrons. The topological polar surface area (TPSA) is 56.7 Å². The first-order valence-corrected chi connectivity index (χ1v) is 6.75. The third-order valence-electron chi connectivity index (χ3n) is 3.45. The molecule has 1 aliphatic rings. The summed E-state index contributed by atoms with van der Waals surface area (Å²) in [7, 11) is 0. The molecule has 3 rings (SSSR count). The van der Waals surface area contributed by atoms with E-state index in [0.717, 1.165) is 23.4 Å². The minimum Gasteiger partial charge on any atom is -0.321 e. The van der Waals surface area contributed by atoms with Crippen LogP contribution >= 0.6 is 0 Å². The van der Waals surface area contributed by atoms with Crippen LogP contribution in [0.5, 0.6) is 0 Å². The van der Waals surface area contributed by atoms with Crippen LogP contribution in [0.3, 0.4) is 0 Å². The molecule has 0 saturated heterocycles. The second-order valence-electron chi connectivity index (χ2n) is 5.65. The Morgan fingerprint density at radius 1 is 1.44 bits per heavy atom. The number of aromatic nitrogens is 3. The maximum atomic E-state index is 6.32. The molecule has 2 heterocycles. The maximum absolute atomic E-state index is 6.32. The zero-order chi connectivity index (χ0) is 12.7. The highest BCUT2D eigenvalue weighted by Crippen LogP contribution is 2.39. The molecule has 2 aromatic rings. The van der Waals surface area contributed by atoms with E-state index in [0.29, 0.717) is 12.0 Å². The molecule has 1 fully saturated rings. The number of imidazole rings is 1. The molecule has 2 aromatic heterocycles. The summed E-state index contributed by atoms with van der Waals surface area (Å²) in [5, 5.41) is 0. The van der Waals surface area contributed by atoms with Crippen molar-refractivity contribution in [3.63, 3.8) is 0 Å². The maximum Gasteiger partial charge on any atom is 0.160 e. The number of hydrogen-bond donors (Lipinski definition) is 1. The van der Waals surface area contributed by atoms with Crippen molar-refractivity contribution in [1.82, 2.24) is 14.5 Å². The van der Waals surface area contributed by atoms with Gasteiger partial charge in [0.25, 0.3) is 0 Å². The normalized spacial score (nSPS) is 17.6. The van der Waals surface area contributed by atoms with Gasteiger partial charge in [-0.15, -0.1) is 0 Å². The predicted molar refractivity (Wildman–Crippen MR) is 72.2 cm³/mol. The molecule has 4 nitrogen and oxygen atoms in total. The van der Waals surface area contributed by atoms with E-state index in [4.69, 9.17) is 10.7 Å². The molecule has 0 amide bonds. The Balaban J connectivity index is 2.07. The second kappa shape index (κ2) is 4.35. The number of nitrogens with zero attached hydrogens (tertiary/aromatic N) is 3. The van der Waals surface area contributed by atoms with Gasteiger partial charge in [-0.3, -0.25) is 0 Å². The number of rotatable bonds is 4. The van der Waals surface area contributed by atoms with Crippen LogP contribution in [0.1, 0.15) is 51.0 Å². The van der Waals surface area contributed by atoms with Crippen molar-refractivity contribution in [2.75, 3.05) is 0 Å². The summed E-state index contributed by atoms with van der Waals surface area (Å²) < 4.78 is 2.27. The van der Waals surface area contributed by atoms with E-state index in [1.807, 2.05) is 18.3 Å². The second-order valence-corrected chi connectivity index (χ2v) is 5.65. The van der Waals surface area contributed by atoms with Crippen LogP contribution in [0.15, 0.2) is 18.3 Å². The number of hydrogen-bond acceptors (Lipinski definition) is 3. The Hall–Kier alpha value is -1.42. The van der Waals surface area contributed by atoms with Gasteiger partial charge in [-0.05, 0) is 37.3 Å². The number of fused-ring (bicyclic) bond motifs is 1. The molecule has 1 atom stereocenters. The van der Waals surface area contributed by atoms with E-state index < -0.39 is 0 Å². The van der Waals surface area contributed by atoms with Crippen LogP contribution in [-0.2, 0) is 0 Å². The third kappa shape index (κ3) is 2.01. The first-order valence-electron chi connectivity index (χ1n) is 6.75. The molecule has 18 heavy (non-hydrogen) atoms. The average Bonchev–Trinajstić information content (AvgIpc) is 3.08. The van der Waals surface area contributed by atoms with Crippen molar-refractivity contribution in [3.8, 4) is 0 Å². The van der Waals surface area contributed by atoms with Crippen LogP contribution in [0.2, 0.25) is 0 Å². The van der Waals surface area contributed by atoms with Crippen molar-refractivity contribution in [2.45, 2.75) is 45.2 Å². The van der Waals surface area contributed by atoms with Crippen LogP contribution in [0.4, 0.5) is 0 Å². The van der Waals surface area contributed by atoms with Crippen LogP contribution < -0.4 is 5.73 Å². The average molecular weight is 244 g/mol. The van der Waals surface area contributed by atoms with E-state index in [2.05, 4.69) is 23.4 Å². The summed E-state index contributed by atoms with van der Waals surface area (Å²) in [6, 6.07) is 4.54. The van der Waals surface area contributed by atoms with Gasteiger partial charge < -0.3 is 10.3 Å². The van der Waals surface area contributed by atoms with Gasteiger partial charge in [0.1, 0.15) is 11.3 Å². The standard InChI is InChI=1S/C14H20N4/c1-9(2)8-11(15)13-17-12-4-3-7-16-14(12)18(13)10-5-6-10/h3-4,7,9-11H,5-6,8,15H2,1-2H3/t11-/m0/s1. The van der Waals surface area contributed by atoms with E-state index in [1.54, 1.807) is 0 Å². The van der Waals surface area contributed by atoms with E-state index in [9.17, 15) is 0 Å². The molecular weight excluding hydrogens is 224 g/mol. The van der Waals surface area contributed by atoms with E-state index >= 15 is 0 Å². The van der Waals surface area contributed by atoms with Gasteiger partial charge in [-0.25, -0.2) is 9.97 Å². The van der Waals surface area contributed by atoms with Gasteiger partial charge in [0.15, 0.2) is 5.65 Å². The summed E-state index contributed by atoms with van der Waals surface area (Å²) in [5.41, 5.74) is 8.28. The van der Waals surface area contributed by atoms with E-state index in [-0.39, 0.29) is 6.04 Å². The highest BCUT2D eigenvalue weighted by atomic mass is 15.2. The molecule has 0 aliphatic heterocycles. The Morgan fingerprint density at radius 3 is 2.89 bits per heavy atom.